The zero-order valence-corrected chi connectivity index (χ0v) is 14.5. The fraction of sp³-hybridized carbons (Fsp3) is 0.938. The Labute approximate surface area is 125 Å². The molecular formula is C16H34N2O2. The minimum Gasteiger partial charge on any atom is -0.444 e. The van der Waals surface area contributed by atoms with Crippen LogP contribution in [0.25, 0.3) is 0 Å². The van der Waals surface area contributed by atoms with Crippen molar-refractivity contribution in [3.8, 4) is 0 Å². The monoisotopic (exact) mass is 286 g/mol. The topological polar surface area (TPSA) is 50.4 Å². The fourth-order valence-electron chi connectivity index (χ4n) is 2.20. The molecule has 0 aromatic heterocycles. The van der Waals surface area contributed by atoms with E-state index >= 15 is 0 Å². The minimum absolute atomic E-state index is 0.238. The Morgan fingerprint density at radius 3 is 1.90 bits per heavy atom. The van der Waals surface area contributed by atoms with Gasteiger partial charge in [0.15, 0.2) is 0 Å². The maximum Gasteiger partial charge on any atom is 0.407 e. The molecule has 4 nitrogen and oxygen atoms in total. The molecule has 1 unspecified atom stereocenters. The smallest absolute Gasteiger partial charge is 0.407 e. The Bertz CT molecular complexity index is 275. The van der Waals surface area contributed by atoms with Gasteiger partial charge in [-0.3, -0.25) is 0 Å². The molecule has 0 rings (SSSR count). The molecule has 0 saturated carbocycles. The van der Waals surface area contributed by atoms with Crippen molar-refractivity contribution in [2.75, 3.05) is 13.1 Å². The molecule has 0 aromatic rings. The first-order valence-electron chi connectivity index (χ1n) is 7.73. The zero-order chi connectivity index (χ0) is 15.9. The number of carbonyl (C=O) groups is 1. The van der Waals surface area contributed by atoms with Gasteiger partial charge in [0.05, 0.1) is 0 Å². The van der Waals surface area contributed by atoms with E-state index in [1.54, 1.807) is 0 Å². The van der Waals surface area contributed by atoms with Crippen molar-refractivity contribution in [1.29, 1.82) is 0 Å². The number of hydrogen-bond donors (Lipinski definition) is 2. The molecule has 20 heavy (non-hydrogen) atoms. The summed E-state index contributed by atoms with van der Waals surface area (Å²) < 4.78 is 5.21. The predicted molar refractivity (Wildman–Crippen MR) is 84.9 cm³/mol. The molecule has 0 saturated heterocycles. The second kappa shape index (κ2) is 8.50. The molecule has 0 aliphatic heterocycles. The Morgan fingerprint density at radius 1 is 1.00 bits per heavy atom. The molecule has 120 valence electrons. The summed E-state index contributed by atoms with van der Waals surface area (Å²) >= 11 is 0. The molecule has 0 aliphatic carbocycles. The third-order valence-electron chi connectivity index (χ3n) is 3.37. The normalized spacial score (nSPS) is 13.9. The maximum atomic E-state index is 11.6. The average molecular weight is 286 g/mol. The molecule has 2 N–H and O–H groups in total. The van der Waals surface area contributed by atoms with Gasteiger partial charge in [-0.15, -0.1) is 0 Å². The van der Waals surface area contributed by atoms with Crippen molar-refractivity contribution in [2.24, 2.45) is 17.8 Å². The lowest BCUT2D eigenvalue weighted by Crippen LogP contribution is -2.43. The summed E-state index contributed by atoms with van der Waals surface area (Å²) in [5, 5.41) is 6.29. The lowest BCUT2D eigenvalue weighted by atomic mass is 9.85. The van der Waals surface area contributed by atoms with Crippen LogP contribution in [0, 0.1) is 17.8 Å². The first-order valence-corrected chi connectivity index (χ1v) is 7.73. The maximum absolute atomic E-state index is 11.6. The van der Waals surface area contributed by atoms with Crippen molar-refractivity contribution in [3.05, 3.63) is 0 Å². The Kier molecular flexibility index (Phi) is 8.17. The van der Waals surface area contributed by atoms with Crippen molar-refractivity contribution < 1.29 is 9.53 Å². The number of hydrogen-bond acceptors (Lipinski definition) is 3. The van der Waals surface area contributed by atoms with E-state index in [2.05, 4.69) is 45.3 Å². The highest BCUT2D eigenvalue weighted by molar-refractivity contribution is 5.67. The number of amides is 1. The fourth-order valence-corrected chi connectivity index (χ4v) is 2.20. The number of ether oxygens (including phenoxy) is 1. The van der Waals surface area contributed by atoms with Crippen molar-refractivity contribution in [3.63, 3.8) is 0 Å². The first kappa shape index (κ1) is 19.2. The molecule has 0 radical (unpaired) electrons. The largest absolute Gasteiger partial charge is 0.444 e. The van der Waals surface area contributed by atoms with E-state index in [1.165, 1.54) is 0 Å². The van der Waals surface area contributed by atoms with E-state index < -0.39 is 5.60 Å². The van der Waals surface area contributed by atoms with E-state index in [-0.39, 0.29) is 12.1 Å². The molecule has 4 heteroatoms. The predicted octanol–water partition coefficient (Wildman–Crippen LogP) is 3.42. The van der Waals surface area contributed by atoms with Crippen LogP contribution in [0.4, 0.5) is 4.79 Å². The number of nitrogens with one attached hydrogen (secondary N) is 2. The van der Waals surface area contributed by atoms with E-state index in [9.17, 15) is 4.79 Å². The van der Waals surface area contributed by atoms with Crippen molar-refractivity contribution >= 4 is 6.09 Å². The van der Waals surface area contributed by atoms with Crippen LogP contribution in [-0.2, 0) is 4.74 Å². The summed E-state index contributed by atoms with van der Waals surface area (Å²) in [6.07, 6.45) is -0.351. The van der Waals surface area contributed by atoms with Gasteiger partial charge < -0.3 is 15.4 Å². The molecule has 1 amide bonds. The van der Waals surface area contributed by atoms with Gasteiger partial charge in [-0.05, 0) is 52.0 Å². The molecule has 0 heterocycles. The number of alkyl carbamates (subject to hydrolysis) is 1. The van der Waals surface area contributed by atoms with Gasteiger partial charge in [-0.1, -0.05) is 27.7 Å². The van der Waals surface area contributed by atoms with Crippen LogP contribution in [0.5, 0.6) is 0 Å². The molecule has 0 fully saturated rings. The van der Waals surface area contributed by atoms with Gasteiger partial charge in [-0.2, -0.15) is 0 Å². The molecule has 1 atom stereocenters. The molecular weight excluding hydrogens is 252 g/mol. The summed E-state index contributed by atoms with van der Waals surface area (Å²) in [4.78, 5) is 11.6. The van der Waals surface area contributed by atoms with Gasteiger partial charge in [0.1, 0.15) is 5.60 Å². The summed E-state index contributed by atoms with van der Waals surface area (Å²) in [5.41, 5.74) is -0.443. The molecule has 0 spiro atoms. The summed E-state index contributed by atoms with van der Waals surface area (Å²) in [5.74, 6) is 1.97. The van der Waals surface area contributed by atoms with Crippen LogP contribution in [0.2, 0.25) is 0 Å². The lowest BCUT2D eigenvalue weighted by molar-refractivity contribution is 0.0522. The van der Waals surface area contributed by atoms with Gasteiger partial charge in [0.25, 0.3) is 0 Å². The molecule has 0 aromatic carbocycles. The number of carbonyl (C=O) groups excluding carboxylic acids is 1. The summed E-state index contributed by atoms with van der Waals surface area (Å²) in [7, 11) is 0. The van der Waals surface area contributed by atoms with E-state index in [4.69, 9.17) is 4.74 Å². The Morgan fingerprint density at radius 2 is 1.50 bits per heavy atom. The number of rotatable bonds is 7. The van der Waals surface area contributed by atoms with Crippen molar-refractivity contribution in [1.82, 2.24) is 10.6 Å². The quantitative estimate of drug-likeness (QED) is 0.754. The third kappa shape index (κ3) is 9.18. The van der Waals surface area contributed by atoms with Gasteiger partial charge >= 0.3 is 6.09 Å². The highest BCUT2D eigenvalue weighted by Gasteiger charge is 2.19. The third-order valence-corrected chi connectivity index (χ3v) is 3.37. The standard InChI is InChI=1S/C16H34N2O2/c1-11(2)14(12(3)4)10-17-13(5)9-18-15(19)20-16(6,7)8/h11-14,17H,9-10H2,1-8H3,(H,18,19). The van der Waals surface area contributed by atoms with Crippen LogP contribution < -0.4 is 10.6 Å². The Hall–Kier alpha value is -0.770. The Balaban J connectivity index is 4.00. The van der Waals surface area contributed by atoms with Gasteiger partial charge in [0.2, 0.25) is 0 Å². The van der Waals surface area contributed by atoms with E-state index in [1.807, 2.05) is 20.8 Å². The minimum atomic E-state index is -0.443. The van der Waals surface area contributed by atoms with Crippen LogP contribution in [0.3, 0.4) is 0 Å². The summed E-state index contributed by atoms with van der Waals surface area (Å²) in [6, 6.07) is 0.238. The van der Waals surface area contributed by atoms with E-state index in [0.717, 1.165) is 6.54 Å². The lowest BCUT2D eigenvalue weighted by Gasteiger charge is -2.27. The van der Waals surface area contributed by atoms with E-state index in [0.29, 0.717) is 24.3 Å². The SMILES string of the molecule is CC(CNC(=O)OC(C)(C)C)NCC(C(C)C)C(C)C. The van der Waals surface area contributed by atoms with Crippen LogP contribution in [-0.4, -0.2) is 30.8 Å². The second-order valence-electron chi connectivity index (χ2n) is 7.34. The zero-order valence-electron chi connectivity index (χ0n) is 14.5. The molecule has 0 bridgehead atoms. The first-order chi connectivity index (χ1) is 9.03. The average Bonchev–Trinajstić information content (AvgIpc) is 2.23. The molecule has 0 aliphatic rings. The highest BCUT2D eigenvalue weighted by atomic mass is 16.6. The second-order valence-corrected chi connectivity index (χ2v) is 7.34. The van der Waals surface area contributed by atoms with Crippen LogP contribution in [0.1, 0.15) is 55.4 Å². The van der Waals surface area contributed by atoms with Crippen molar-refractivity contribution in [2.45, 2.75) is 67.0 Å². The van der Waals surface area contributed by atoms with Gasteiger partial charge in [-0.25, -0.2) is 4.79 Å². The summed E-state index contributed by atoms with van der Waals surface area (Å²) in [6.45, 7) is 18.3. The van der Waals surface area contributed by atoms with Crippen LogP contribution >= 0.6 is 0 Å². The van der Waals surface area contributed by atoms with Gasteiger partial charge in [0, 0.05) is 12.6 Å². The van der Waals surface area contributed by atoms with Crippen LogP contribution in [0.15, 0.2) is 0 Å². The highest BCUT2D eigenvalue weighted by Crippen LogP contribution is 2.19.